The zero-order valence-electron chi connectivity index (χ0n) is 7.27. The second-order valence-corrected chi connectivity index (χ2v) is 3.72. The summed E-state index contributed by atoms with van der Waals surface area (Å²) < 4.78 is 5.02. The number of hydrogen-bond acceptors (Lipinski definition) is 3. The predicted octanol–water partition coefficient (Wildman–Crippen LogP) is 1.41. The van der Waals surface area contributed by atoms with Crippen molar-refractivity contribution in [1.29, 1.82) is 0 Å². The summed E-state index contributed by atoms with van der Waals surface area (Å²) in [7, 11) is 1.58. The Balaban J connectivity index is 2.88. The van der Waals surface area contributed by atoms with Crippen molar-refractivity contribution in [2.45, 2.75) is 11.1 Å². The molecule has 1 aromatic carbocycles. The maximum Gasteiger partial charge on any atom is 0.119 e. The quantitative estimate of drug-likeness (QED) is 0.626. The van der Waals surface area contributed by atoms with Crippen LogP contribution in [0.25, 0.3) is 0 Å². The van der Waals surface area contributed by atoms with Crippen molar-refractivity contribution < 1.29 is 9.84 Å². The number of alkyl halides is 1. The fourth-order valence-corrected chi connectivity index (χ4v) is 1.31. The summed E-state index contributed by atoms with van der Waals surface area (Å²) in [4.78, 5) is -0.459. The summed E-state index contributed by atoms with van der Waals surface area (Å²) >= 11 is 3.11. The zero-order valence-corrected chi connectivity index (χ0v) is 8.86. The summed E-state index contributed by atoms with van der Waals surface area (Å²) in [6.45, 7) is 0. The molecule has 13 heavy (non-hydrogen) atoms. The Morgan fingerprint density at radius 3 is 2.77 bits per heavy atom. The first-order valence-electron chi connectivity index (χ1n) is 3.87. The highest BCUT2D eigenvalue weighted by Gasteiger charge is 2.13. The minimum atomic E-state index is -0.713. The van der Waals surface area contributed by atoms with Crippen molar-refractivity contribution in [3.8, 4) is 5.75 Å². The Hall–Kier alpha value is -0.580. The highest BCUT2D eigenvalue weighted by molar-refractivity contribution is 9.09. The SMILES string of the molecule is COc1cccc(C(O)[C@H](N)Br)c1. The topological polar surface area (TPSA) is 55.5 Å². The second-order valence-electron chi connectivity index (χ2n) is 2.67. The molecule has 0 saturated carbocycles. The van der Waals surface area contributed by atoms with Gasteiger partial charge in [0.25, 0.3) is 0 Å². The molecule has 1 aromatic rings. The van der Waals surface area contributed by atoms with Crippen molar-refractivity contribution >= 4 is 15.9 Å². The molecule has 1 unspecified atom stereocenters. The Morgan fingerprint density at radius 1 is 1.54 bits per heavy atom. The van der Waals surface area contributed by atoms with E-state index >= 15 is 0 Å². The first-order valence-corrected chi connectivity index (χ1v) is 4.78. The van der Waals surface area contributed by atoms with E-state index in [-0.39, 0.29) is 0 Å². The molecule has 3 nitrogen and oxygen atoms in total. The maximum atomic E-state index is 9.59. The van der Waals surface area contributed by atoms with E-state index in [1.165, 1.54) is 0 Å². The molecule has 72 valence electrons. The Bertz CT molecular complexity index is 278. The van der Waals surface area contributed by atoms with Crippen molar-refractivity contribution in [3.05, 3.63) is 29.8 Å². The Morgan fingerprint density at radius 2 is 2.23 bits per heavy atom. The number of nitrogens with two attached hydrogens (primary N) is 1. The Labute approximate surface area is 85.6 Å². The number of aliphatic hydroxyl groups is 1. The van der Waals surface area contributed by atoms with Gasteiger partial charge in [0.1, 0.15) is 11.9 Å². The third kappa shape index (κ3) is 2.69. The molecule has 0 spiro atoms. The number of benzene rings is 1. The van der Waals surface area contributed by atoms with Gasteiger partial charge in [-0.1, -0.05) is 28.1 Å². The smallest absolute Gasteiger partial charge is 0.119 e. The molecule has 0 aliphatic heterocycles. The van der Waals surface area contributed by atoms with Crippen LogP contribution in [0.2, 0.25) is 0 Å². The van der Waals surface area contributed by atoms with Crippen LogP contribution in [-0.2, 0) is 0 Å². The van der Waals surface area contributed by atoms with Crippen LogP contribution in [0.1, 0.15) is 11.7 Å². The summed E-state index contributed by atoms with van der Waals surface area (Å²) in [5, 5.41) is 9.59. The number of methoxy groups -OCH3 is 1. The molecule has 0 radical (unpaired) electrons. The van der Waals surface area contributed by atoms with Gasteiger partial charge in [-0.2, -0.15) is 0 Å². The van der Waals surface area contributed by atoms with Crippen LogP contribution < -0.4 is 10.5 Å². The highest BCUT2D eigenvalue weighted by atomic mass is 79.9. The largest absolute Gasteiger partial charge is 0.497 e. The third-order valence-electron chi connectivity index (χ3n) is 1.74. The number of rotatable bonds is 3. The van der Waals surface area contributed by atoms with Crippen molar-refractivity contribution in [3.63, 3.8) is 0 Å². The van der Waals surface area contributed by atoms with Gasteiger partial charge in [-0.05, 0) is 17.7 Å². The molecule has 1 rings (SSSR count). The standard InChI is InChI=1S/C9H12BrNO2/c1-13-7-4-2-3-6(5-7)8(12)9(10)11/h2-5,8-9,12H,11H2,1H3/t8?,9-/m0/s1. The van der Waals surface area contributed by atoms with Gasteiger partial charge in [-0.15, -0.1) is 0 Å². The summed E-state index contributed by atoms with van der Waals surface area (Å²) in [6.07, 6.45) is -0.713. The van der Waals surface area contributed by atoms with Crippen LogP contribution in [0.5, 0.6) is 5.75 Å². The fraction of sp³-hybridized carbons (Fsp3) is 0.333. The third-order valence-corrected chi connectivity index (χ3v) is 2.24. The Kier molecular flexibility index (Phi) is 3.71. The van der Waals surface area contributed by atoms with Gasteiger partial charge in [0.05, 0.1) is 12.1 Å². The van der Waals surface area contributed by atoms with Gasteiger partial charge < -0.3 is 15.6 Å². The lowest BCUT2D eigenvalue weighted by Gasteiger charge is -2.13. The highest BCUT2D eigenvalue weighted by Crippen LogP contribution is 2.22. The van der Waals surface area contributed by atoms with Gasteiger partial charge in [0, 0.05) is 0 Å². The summed E-state index contributed by atoms with van der Waals surface area (Å²) in [5.41, 5.74) is 6.22. The van der Waals surface area contributed by atoms with Crippen molar-refractivity contribution in [1.82, 2.24) is 0 Å². The van der Waals surface area contributed by atoms with E-state index in [0.717, 1.165) is 5.56 Å². The van der Waals surface area contributed by atoms with Crippen LogP contribution in [0.15, 0.2) is 24.3 Å². The molecule has 0 amide bonds. The van der Waals surface area contributed by atoms with Crippen LogP contribution >= 0.6 is 15.9 Å². The lowest BCUT2D eigenvalue weighted by atomic mass is 10.1. The first-order chi connectivity index (χ1) is 6.15. The number of halogens is 1. The van der Waals surface area contributed by atoms with Crippen LogP contribution in [-0.4, -0.2) is 17.2 Å². The second kappa shape index (κ2) is 4.60. The summed E-state index contributed by atoms with van der Waals surface area (Å²) in [5.74, 6) is 0.713. The van der Waals surface area contributed by atoms with E-state index in [0.29, 0.717) is 5.75 Å². The maximum absolute atomic E-state index is 9.59. The normalized spacial score (nSPS) is 15.1. The first kappa shape index (κ1) is 10.5. The monoisotopic (exact) mass is 245 g/mol. The molecule has 4 heteroatoms. The van der Waals surface area contributed by atoms with E-state index in [2.05, 4.69) is 15.9 Å². The average Bonchev–Trinajstić information content (AvgIpc) is 2.16. The van der Waals surface area contributed by atoms with Gasteiger partial charge >= 0.3 is 0 Å². The van der Waals surface area contributed by atoms with Crippen molar-refractivity contribution in [2.24, 2.45) is 5.73 Å². The van der Waals surface area contributed by atoms with E-state index in [1.54, 1.807) is 19.2 Å². The lowest BCUT2D eigenvalue weighted by Crippen LogP contribution is -2.21. The molecular weight excluding hydrogens is 234 g/mol. The van der Waals surface area contributed by atoms with Gasteiger partial charge in [-0.3, -0.25) is 0 Å². The minimum absolute atomic E-state index is 0.459. The fourth-order valence-electron chi connectivity index (χ4n) is 1.01. The lowest BCUT2D eigenvalue weighted by molar-refractivity contribution is 0.177. The minimum Gasteiger partial charge on any atom is -0.497 e. The molecule has 0 fully saturated rings. The van der Waals surface area contributed by atoms with Gasteiger partial charge in [-0.25, -0.2) is 0 Å². The van der Waals surface area contributed by atoms with Crippen LogP contribution in [0.3, 0.4) is 0 Å². The van der Waals surface area contributed by atoms with Crippen LogP contribution in [0.4, 0.5) is 0 Å². The summed E-state index contributed by atoms with van der Waals surface area (Å²) in [6, 6.07) is 7.18. The molecule has 0 heterocycles. The predicted molar refractivity (Wildman–Crippen MR) is 54.9 cm³/mol. The number of aliphatic hydroxyl groups excluding tert-OH is 1. The molecule has 2 atom stereocenters. The van der Waals surface area contributed by atoms with Gasteiger partial charge in [0.15, 0.2) is 0 Å². The van der Waals surface area contributed by atoms with Gasteiger partial charge in [0.2, 0.25) is 0 Å². The number of hydrogen-bond donors (Lipinski definition) is 2. The molecule has 0 aliphatic rings. The molecule has 0 saturated heterocycles. The van der Waals surface area contributed by atoms with E-state index < -0.39 is 11.1 Å². The average molecular weight is 246 g/mol. The van der Waals surface area contributed by atoms with Crippen molar-refractivity contribution in [2.75, 3.05) is 7.11 Å². The molecular formula is C9H12BrNO2. The van der Waals surface area contributed by atoms with Crippen LogP contribution in [0, 0.1) is 0 Å². The van der Waals surface area contributed by atoms with E-state index in [4.69, 9.17) is 10.5 Å². The molecule has 0 aromatic heterocycles. The number of ether oxygens (including phenoxy) is 1. The van der Waals surface area contributed by atoms with E-state index in [9.17, 15) is 5.11 Å². The molecule has 3 N–H and O–H groups in total. The molecule has 0 bridgehead atoms. The van der Waals surface area contributed by atoms with E-state index in [1.807, 2.05) is 12.1 Å². The molecule has 0 aliphatic carbocycles. The zero-order chi connectivity index (χ0) is 9.84.